The Morgan fingerprint density at radius 3 is 2.09 bits per heavy atom. The van der Waals surface area contributed by atoms with Gasteiger partial charge in [0.2, 0.25) is 0 Å². The normalized spacial score (nSPS) is 48.9. The highest BCUT2D eigenvalue weighted by atomic mass is 16.7. The van der Waals surface area contributed by atoms with Gasteiger partial charge in [-0.05, 0) is 94.3 Å². The number of aliphatic hydroxyl groups is 5. The molecule has 3 fully saturated rings. The number of aliphatic hydroxyl groups excluding tert-OH is 3. The van der Waals surface area contributed by atoms with Crippen LogP contribution in [-0.2, 0) is 33.2 Å². The van der Waals surface area contributed by atoms with Crippen molar-refractivity contribution in [3.63, 3.8) is 0 Å². The summed E-state index contributed by atoms with van der Waals surface area (Å²) in [5, 5.41) is 58.4. The lowest BCUT2D eigenvalue weighted by atomic mass is 9.77. The van der Waals surface area contributed by atoms with Gasteiger partial charge in [0.1, 0.15) is 30.0 Å². The number of carbonyl (C=O) groups excluding carboxylic acids is 1. The second-order valence-corrected chi connectivity index (χ2v) is 17.4. The Morgan fingerprint density at radius 1 is 0.925 bits per heavy atom. The molecule has 5 N–H and O–H groups in total. The first kappa shape index (κ1) is 46.4. The van der Waals surface area contributed by atoms with Crippen molar-refractivity contribution in [1.82, 2.24) is 9.80 Å². The number of hydrogen-bond acceptors (Lipinski definition) is 14. The molecule has 18 atom stereocenters. The number of ether oxygens (including phenoxy) is 6. The fraction of sp³-hybridized carbons (Fsp3) is 0.974. The molecule has 0 spiro atoms. The lowest BCUT2D eigenvalue weighted by Crippen LogP contribution is -2.60. The highest BCUT2D eigenvalue weighted by Gasteiger charge is 2.53. The maximum absolute atomic E-state index is 14.4. The zero-order valence-electron chi connectivity index (χ0n) is 34.9. The molecule has 0 aliphatic carbocycles. The van der Waals surface area contributed by atoms with Crippen LogP contribution >= 0.6 is 0 Å². The van der Waals surface area contributed by atoms with E-state index in [1.54, 1.807) is 27.7 Å². The number of methoxy groups -OCH3 is 1. The van der Waals surface area contributed by atoms with Gasteiger partial charge in [-0.15, -0.1) is 0 Å². The molecule has 0 aromatic rings. The van der Waals surface area contributed by atoms with Crippen LogP contribution in [0.5, 0.6) is 0 Å². The van der Waals surface area contributed by atoms with Crippen molar-refractivity contribution in [2.75, 3.05) is 34.8 Å². The molecule has 0 radical (unpaired) electrons. The first-order chi connectivity index (χ1) is 24.4. The van der Waals surface area contributed by atoms with Crippen LogP contribution in [-0.4, -0.2) is 166 Å². The quantitative estimate of drug-likeness (QED) is 0.228. The lowest BCUT2D eigenvalue weighted by molar-refractivity contribution is -0.318. The number of rotatable bonds is 8. The van der Waals surface area contributed by atoms with Crippen molar-refractivity contribution < 1.29 is 58.7 Å². The van der Waals surface area contributed by atoms with E-state index in [0.29, 0.717) is 13.0 Å². The number of hydrogen-bond donors (Lipinski definition) is 5. The standard InChI is InChI=1S/C39H74N2O12/c1-15-26-31(52-29-19-38(9,48-14)33(44)25(7)50-29)23(5)34(53-36-30(42)27(40(11)12)17-22(4)49-36)37(8,46)18-21(3)20-41(13)24(6)32(43)39(10,47)28(16-2)51-35(26)45/h21-34,36,42-44,46-47H,15-20H2,1-14H3/t21-,22-,23+,24-,25+,26-,27+,28-,29+,30-,31?,32-,33+,34-,36+,37-,38-,39-/m1/s1. The van der Waals surface area contributed by atoms with E-state index in [0.717, 1.165) is 0 Å². The van der Waals surface area contributed by atoms with Crippen LogP contribution in [0.3, 0.4) is 0 Å². The molecule has 14 heteroatoms. The summed E-state index contributed by atoms with van der Waals surface area (Å²) >= 11 is 0. The van der Waals surface area contributed by atoms with Gasteiger partial charge >= 0.3 is 5.97 Å². The molecule has 14 nitrogen and oxygen atoms in total. The lowest BCUT2D eigenvalue weighted by Gasteiger charge is -2.49. The largest absolute Gasteiger partial charge is 0.459 e. The first-order valence-corrected chi connectivity index (χ1v) is 19.7. The summed E-state index contributed by atoms with van der Waals surface area (Å²) < 4.78 is 37.9. The molecule has 0 aromatic carbocycles. The Balaban J connectivity index is 2.21. The Kier molecular flexibility index (Phi) is 16.2. The molecule has 3 heterocycles. The smallest absolute Gasteiger partial charge is 0.311 e. The zero-order chi connectivity index (χ0) is 40.4. The van der Waals surface area contributed by atoms with Crippen molar-refractivity contribution in [3.05, 3.63) is 0 Å². The van der Waals surface area contributed by atoms with Gasteiger partial charge in [0.15, 0.2) is 12.6 Å². The molecule has 3 saturated heterocycles. The van der Waals surface area contributed by atoms with Crippen molar-refractivity contribution in [1.29, 1.82) is 0 Å². The van der Waals surface area contributed by atoms with Crippen molar-refractivity contribution in [2.24, 2.45) is 17.8 Å². The summed E-state index contributed by atoms with van der Waals surface area (Å²) in [4.78, 5) is 18.3. The second kappa shape index (κ2) is 18.5. The van der Waals surface area contributed by atoms with Crippen LogP contribution in [0.15, 0.2) is 0 Å². The minimum absolute atomic E-state index is 0.137. The first-order valence-electron chi connectivity index (χ1n) is 19.7. The fourth-order valence-electron chi connectivity index (χ4n) is 9.00. The van der Waals surface area contributed by atoms with Crippen LogP contribution < -0.4 is 0 Å². The van der Waals surface area contributed by atoms with Gasteiger partial charge in [0, 0.05) is 38.1 Å². The average molecular weight is 763 g/mol. The summed E-state index contributed by atoms with van der Waals surface area (Å²) in [5.74, 6) is -2.49. The van der Waals surface area contributed by atoms with E-state index in [1.165, 1.54) is 14.0 Å². The van der Waals surface area contributed by atoms with Crippen LogP contribution in [0.25, 0.3) is 0 Å². The third-order valence-electron chi connectivity index (χ3n) is 12.5. The molecule has 1 unspecified atom stereocenters. The summed E-state index contributed by atoms with van der Waals surface area (Å²) in [7, 11) is 7.14. The van der Waals surface area contributed by atoms with E-state index in [4.69, 9.17) is 28.4 Å². The average Bonchev–Trinajstić information content (AvgIpc) is 3.07. The molecular formula is C39H74N2O12. The Morgan fingerprint density at radius 2 is 1.55 bits per heavy atom. The van der Waals surface area contributed by atoms with Gasteiger partial charge in [-0.1, -0.05) is 27.7 Å². The number of likely N-dealkylation sites (N-methyl/N-ethyl adjacent to an activating group) is 2. The van der Waals surface area contributed by atoms with Gasteiger partial charge in [0.25, 0.3) is 0 Å². The van der Waals surface area contributed by atoms with Gasteiger partial charge in [-0.2, -0.15) is 0 Å². The highest BCUT2D eigenvalue weighted by Crippen LogP contribution is 2.40. The third kappa shape index (κ3) is 10.5. The molecule has 0 amide bonds. The van der Waals surface area contributed by atoms with E-state index >= 15 is 0 Å². The van der Waals surface area contributed by atoms with E-state index in [1.807, 2.05) is 65.6 Å². The molecule has 0 aromatic heterocycles. The summed E-state index contributed by atoms with van der Waals surface area (Å²) in [5.41, 5.74) is -4.38. The zero-order valence-corrected chi connectivity index (χ0v) is 34.9. The van der Waals surface area contributed by atoms with Gasteiger partial charge in [0.05, 0.1) is 41.5 Å². The summed E-state index contributed by atoms with van der Waals surface area (Å²) in [6, 6.07) is -0.809. The minimum atomic E-state index is -1.80. The van der Waals surface area contributed by atoms with E-state index < -0.39 is 96.0 Å². The van der Waals surface area contributed by atoms with E-state index in [9.17, 15) is 30.3 Å². The predicted molar refractivity (Wildman–Crippen MR) is 199 cm³/mol. The summed E-state index contributed by atoms with van der Waals surface area (Å²) in [6.45, 7) is 18.3. The number of carbonyl (C=O) groups is 1. The molecule has 0 bridgehead atoms. The van der Waals surface area contributed by atoms with E-state index in [2.05, 4.69) is 0 Å². The fourth-order valence-corrected chi connectivity index (χ4v) is 9.00. The Labute approximate surface area is 318 Å². The maximum atomic E-state index is 14.4. The van der Waals surface area contributed by atoms with Gasteiger partial charge < -0.3 is 63.8 Å². The highest BCUT2D eigenvalue weighted by molar-refractivity contribution is 5.73. The molecule has 3 aliphatic heterocycles. The maximum Gasteiger partial charge on any atom is 0.311 e. The topological polar surface area (TPSA) is 180 Å². The number of cyclic esters (lactones) is 1. The van der Waals surface area contributed by atoms with Crippen LogP contribution in [0, 0.1) is 17.8 Å². The number of esters is 1. The molecule has 3 aliphatic rings. The van der Waals surface area contributed by atoms with Crippen LogP contribution in [0.1, 0.15) is 101 Å². The molecule has 3 rings (SSSR count). The molecule has 312 valence electrons. The molecular weight excluding hydrogens is 688 g/mol. The van der Waals surface area contributed by atoms with Gasteiger partial charge in [-0.25, -0.2) is 0 Å². The minimum Gasteiger partial charge on any atom is -0.459 e. The van der Waals surface area contributed by atoms with E-state index in [-0.39, 0.29) is 43.7 Å². The van der Waals surface area contributed by atoms with Crippen molar-refractivity contribution in [2.45, 2.75) is 192 Å². The Bertz CT molecular complexity index is 1160. The van der Waals surface area contributed by atoms with Crippen molar-refractivity contribution >= 4 is 5.97 Å². The van der Waals surface area contributed by atoms with Crippen LogP contribution in [0.4, 0.5) is 0 Å². The monoisotopic (exact) mass is 763 g/mol. The second-order valence-electron chi connectivity index (χ2n) is 17.4. The molecule has 0 saturated carbocycles. The van der Waals surface area contributed by atoms with Crippen molar-refractivity contribution in [3.8, 4) is 0 Å². The van der Waals surface area contributed by atoms with Crippen LogP contribution in [0.2, 0.25) is 0 Å². The van der Waals surface area contributed by atoms with Gasteiger partial charge in [-0.3, -0.25) is 4.79 Å². The predicted octanol–water partition coefficient (Wildman–Crippen LogP) is 2.29. The number of nitrogens with zero attached hydrogens (tertiary/aromatic N) is 2. The molecule has 53 heavy (non-hydrogen) atoms. The SMILES string of the molecule is CC[C@H]1C(=O)O[C@H](CC)[C@@](C)(O)[C@H](O)[C@@H](C)N(C)C[C@H](C)C[C@@](C)(O)[C@H](O[C@@H]2O[C@H](C)C[C@H](N(C)C)[C@H]2O)[C@@H](C)C1O[C@H]1C[C@@](C)(OC)[C@@H](O)[C@H](C)O1. The third-order valence-corrected chi connectivity index (χ3v) is 12.5. The Hall–Kier alpha value is -1.01. The summed E-state index contributed by atoms with van der Waals surface area (Å²) in [6.07, 6.45) is -7.92.